The SMILES string of the molecule is CCC(CC)COc1nc(C)cc(C)c1C(=N)N. The first-order valence-electron chi connectivity index (χ1n) is 6.44. The minimum Gasteiger partial charge on any atom is -0.477 e. The highest BCUT2D eigenvalue weighted by molar-refractivity contribution is 5.98. The molecule has 4 heteroatoms. The Kier molecular flexibility index (Phi) is 5.13. The number of nitrogen functional groups attached to an aromatic ring is 1. The van der Waals surface area contributed by atoms with Gasteiger partial charge in [0, 0.05) is 5.69 Å². The van der Waals surface area contributed by atoms with Crippen LogP contribution in [0.3, 0.4) is 0 Å². The van der Waals surface area contributed by atoms with Crippen molar-refractivity contribution in [1.29, 1.82) is 5.41 Å². The van der Waals surface area contributed by atoms with E-state index in [1.165, 1.54) is 0 Å². The molecule has 0 bridgehead atoms. The minimum absolute atomic E-state index is 0.0135. The van der Waals surface area contributed by atoms with Gasteiger partial charge in [0.15, 0.2) is 0 Å². The van der Waals surface area contributed by atoms with E-state index in [-0.39, 0.29) is 5.84 Å². The summed E-state index contributed by atoms with van der Waals surface area (Å²) in [6.45, 7) is 8.77. The second-order valence-corrected chi connectivity index (χ2v) is 4.67. The smallest absolute Gasteiger partial charge is 0.225 e. The molecule has 0 spiro atoms. The summed E-state index contributed by atoms with van der Waals surface area (Å²) in [6.07, 6.45) is 2.16. The van der Waals surface area contributed by atoms with Crippen LogP contribution < -0.4 is 10.5 Å². The van der Waals surface area contributed by atoms with Crippen LogP contribution in [0.2, 0.25) is 0 Å². The maximum atomic E-state index is 7.62. The van der Waals surface area contributed by atoms with Crippen LogP contribution >= 0.6 is 0 Å². The molecular formula is C14H23N3O. The first-order valence-corrected chi connectivity index (χ1v) is 6.44. The lowest BCUT2D eigenvalue weighted by molar-refractivity contribution is 0.232. The third-order valence-corrected chi connectivity index (χ3v) is 3.19. The Morgan fingerprint density at radius 2 is 2.00 bits per heavy atom. The number of nitrogens with two attached hydrogens (primary N) is 1. The van der Waals surface area contributed by atoms with Crippen LogP contribution in [-0.2, 0) is 0 Å². The maximum absolute atomic E-state index is 7.62. The summed E-state index contributed by atoms with van der Waals surface area (Å²) in [5.41, 5.74) is 8.04. The van der Waals surface area contributed by atoms with E-state index in [9.17, 15) is 0 Å². The van der Waals surface area contributed by atoms with Gasteiger partial charge in [-0.1, -0.05) is 26.7 Å². The molecular weight excluding hydrogens is 226 g/mol. The molecule has 100 valence electrons. The predicted molar refractivity (Wildman–Crippen MR) is 74.3 cm³/mol. The van der Waals surface area contributed by atoms with Crippen LogP contribution in [0.25, 0.3) is 0 Å². The van der Waals surface area contributed by atoms with Gasteiger partial charge in [-0.2, -0.15) is 0 Å². The molecule has 0 unspecified atom stereocenters. The zero-order valence-corrected chi connectivity index (χ0v) is 11.7. The number of aryl methyl sites for hydroxylation is 2. The average Bonchev–Trinajstić information content (AvgIpc) is 2.28. The number of rotatable bonds is 6. The molecule has 1 rings (SSSR count). The molecule has 0 fully saturated rings. The van der Waals surface area contributed by atoms with Crippen molar-refractivity contribution in [1.82, 2.24) is 4.98 Å². The van der Waals surface area contributed by atoms with Crippen molar-refractivity contribution in [2.45, 2.75) is 40.5 Å². The normalized spacial score (nSPS) is 10.7. The van der Waals surface area contributed by atoms with Gasteiger partial charge in [-0.05, 0) is 31.4 Å². The van der Waals surface area contributed by atoms with Gasteiger partial charge in [0.1, 0.15) is 5.84 Å². The van der Waals surface area contributed by atoms with Crippen LogP contribution in [0.15, 0.2) is 6.07 Å². The van der Waals surface area contributed by atoms with Crippen molar-refractivity contribution in [3.05, 3.63) is 22.9 Å². The Hall–Kier alpha value is -1.58. The Labute approximate surface area is 109 Å². The number of hydrogen-bond donors (Lipinski definition) is 2. The first kappa shape index (κ1) is 14.5. The highest BCUT2D eigenvalue weighted by atomic mass is 16.5. The quantitative estimate of drug-likeness (QED) is 0.601. The third kappa shape index (κ3) is 3.45. The first-order chi connectivity index (χ1) is 8.49. The average molecular weight is 249 g/mol. The minimum atomic E-state index is 0.0135. The lowest BCUT2D eigenvalue weighted by Gasteiger charge is -2.16. The van der Waals surface area contributed by atoms with E-state index in [4.69, 9.17) is 15.9 Å². The molecule has 0 saturated carbocycles. The zero-order chi connectivity index (χ0) is 13.7. The van der Waals surface area contributed by atoms with E-state index in [0.717, 1.165) is 24.1 Å². The fourth-order valence-electron chi connectivity index (χ4n) is 1.96. The molecule has 3 N–H and O–H groups in total. The monoisotopic (exact) mass is 249 g/mol. The molecule has 0 aliphatic rings. The van der Waals surface area contributed by atoms with E-state index in [0.29, 0.717) is 24.0 Å². The standard InChI is InChI=1S/C14H23N3O/c1-5-11(6-2)8-18-14-12(13(15)16)9(3)7-10(4)17-14/h7,11H,5-6,8H2,1-4H3,(H3,15,16). The van der Waals surface area contributed by atoms with Crippen LogP contribution in [0, 0.1) is 25.2 Å². The largest absolute Gasteiger partial charge is 0.477 e. The summed E-state index contributed by atoms with van der Waals surface area (Å²) >= 11 is 0. The maximum Gasteiger partial charge on any atom is 0.225 e. The molecule has 0 atom stereocenters. The van der Waals surface area contributed by atoms with E-state index >= 15 is 0 Å². The van der Waals surface area contributed by atoms with Gasteiger partial charge < -0.3 is 10.5 Å². The van der Waals surface area contributed by atoms with E-state index < -0.39 is 0 Å². The molecule has 0 radical (unpaired) electrons. The van der Waals surface area contributed by atoms with Crippen molar-refractivity contribution in [3.8, 4) is 5.88 Å². The van der Waals surface area contributed by atoms with Crippen LogP contribution in [0.1, 0.15) is 43.5 Å². The van der Waals surface area contributed by atoms with Crippen molar-refractivity contribution < 1.29 is 4.74 Å². The molecule has 1 aromatic heterocycles. The Bertz CT molecular complexity index is 425. The van der Waals surface area contributed by atoms with Crippen molar-refractivity contribution in [3.63, 3.8) is 0 Å². The molecule has 0 aromatic carbocycles. The number of nitrogens with zero attached hydrogens (tertiary/aromatic N) is 1. The lowest BCUT2D eigenvalue weighted by Crippen LogP contribution is -2.18. The number of amidine groups is 1. The molecule has 0 aliphatic heterocycles. The summed E-state index contributed by atoms with van der Waals surface area (Å²) in [6, 6.07) is 1.92. The van der Waals surface area contributed by atoms with Crippen LogP contribution in [0.4, 0.5) is 0 Å². The second kappa shape index (κ2) is 6.38. The van der Waals surface area contributed by atoms with E-state index in [1.54, 1.807) is 0 Å². The van der Waals surface area contributed by atoms with Gasteiger partial charge in [0.25, 0.3) is 0 Å². The molecule has 0 amide bonds. The van der Waals surface area contributed by atoms with E-state index in [1.807, 2.05) is 19.9 Å². The number of pyridine rings is 1. The summed E-state index contributed by atoms with van der Waals surface area (Å²) < 4.78 is 5.77. The van der Waals surface area contributed by atoms with E-state index in [2.05, 4.69) is 18.8 Å². The second-order valence-electron chi connectivity index (χ2n) is 4.67. The molecule has 0 saturated heterocycles. The molecule has 1 heterocycles. The summed E-state index contributed by atoms with van der Waals surface area (Å²) in [5, 5.41) is 7.62. The number of nitrogens with one attached hydrogen (secondary N) is 1. The predicted octanol–water partition coefficient (Wildman–Crippen LogP) is 2.80. The fourth-order valence-corrected chi connectivity index (χ4v) is 1.96. The molecule has 4 nitrogen and oxygen atoms in total. The summed E-state index contributed by atoms with van der Waals surface area (Å²) in [7, 11) is 0. The Morgan fingerprint density at radius 3 is 2.50 bits per heavy atom. The lowest BCUT2D eigenvalue weighted by atomic mass is 10.1. The zero-order valence-electron chi connectivity index (χ0n) is 11.7. The van der Waals surface area contributed by atoms with Gasteiger partial charge in [-0.3, -0.25) is 5.41 Å². The Balaban J connectivity index is 2.96. The molecule has 1 aromatic rings. The highest BCUT2D eigenvalue weighted by Gasteiger charge is 2.14. The fraction of sp³-hybridized carbons (Fsp3) is 0.571. The number of hydrogen-bond acceptors (Lipinski definition) is 3. The summed E-state index contributed by atoms with van der Waals surface area (Å²) in [5.74, 6) is 1.03. The van der Waals surface area contributed by atoms with Gasteiger partial charge in [0.05, 0.1) is 12.2 Å². The topological polar surface area (TPSA) is 72.0 Å². The van der Waals surface area contributed by atoms with Gasteiger partial charge in [-0.15, -0.1) is 0 Å². The molecule has 18 heavy (non-hydrogen) atoms. The van der Waals surface area contributed by atoms with Gasteiger partial charge >= 0.3 is 0 Å². The van der Waals surface area contributed by atoms with Crippen molar-refractivity contribution in [2.24, 2.45) is 11.7 Å². The molecule has 0 aliphatic carbocycles. The van der Waals surface area contributed by atoms with Crippen LogP contribution in [-0.4, -0.2) is 17.4 Å². The van der Waals surface area contributed by atoms with Gasteiger partial charge in [-0.25, -0.2) is 4.98 Å². The van der Waals surface area contributed by atoms with Gasteiger partial charge in [0.2, 0.25) is 5.88 Å². The Morgan fingerprint density at radius 1 is 1.39 bits per heavy atom. The van der Waals surface area contributed by atoms with Crippen molar-refractivity contribution >= 4 is 5.84 Å². The number of aromatic nitrogens is 1. The third-order valence-electron chi connectivity index (χ3n) is 3.19. The summed E-state index contributed by atoms with van der Waals surface area (Å²) in [4.78, 5) is 4.35. The van der Waals surface area contributed by atoms with Crippen molar-refractivity contribution in [2.75, 3.05) is 6.61 Å². The number of ether oxygens (including phenoxy) is 1. The highest BCUT2D eigenvalue weighted by Crippen LogP contribution is 2.21. The van der Waals surface area contributed by atoms with Crippen LogP contribution in [0.5, 0.6) is 5.88 Å².